The maximum absolute atomic E-state index is 5.72. The molecule has 3 N–H and O–H groups in total. The fourth-order valence-corrected chi connectivity index (χ4v) is 1.57. The second-order valence-corrected chi connectivity index (χ2v) is 3.76. The topological polar surface area (TPSA) is 87.5 Å². The average molecular weight is 220 g/mol. The molecular formula is C10H16N6. The predicted molar refractivity (Wildman–Crippen MR) is 66.3 cm³/mol. The summed E-state index contributed by atoms with van der Waals surface area (Å²) in [6.45, 7) is 2.96. The first-order valence-electron chi connectivity index (χ1n) is 5.56. The lowest BCUT2D eigenvalue weighted by atomic mass is 10.2. The van der Waals surface area contributed by atoms with Crippen LogP contribution in [0.15, 0.2) is 20.0 Å². The van der Waals surface area contributed by atoms with Crippen LogP contribution >= 0.6 is 0 Å². The standard InChI is InChI=1S/C10H16N6/c1-2-3-4-5-12-10-15-7-8(11)13-6-14-9(7)16-10/h6-7H,2-5H2,1H3,(H3,11,12,13,14,15,16). The summed E-state index contributed by atoms with van der Waals surface area (Å²) in [6, 6.07) is -0.185. The van der Waals surface area contributed by atoms with Crippen molar-refractivity contribution in [3.8, 4) is 0 Å². The zero-order valence-corrected chi connectivity index (χ0v) is 9.35. The molecular weight excluding hydrogens is 204 g/mol. The van der Waals surface area contributed by atoms with Crippen molar-refractivity contribution in [1.82, 2.24) is 5.32 Å². The molecule has 6 heteroatoms. The molecule has 0 saturated heterocycles. The molecule has 0 aromatic carbocycles. The number of nitrogens with zero attached hydrogens (tertiary/aromatic N) is 4. The summed E-state index contributed by atoms with van der Waals surface area (Å²) in [6.07, 6.45) is 4.90. The molecule has 86 valence electrons. The Labute approximate surface area is 94.5 Å². The SMILES string of the molecule is CCCCCN=C1N=C2N=CN=C(N)C2N1. The molecule has 0 amide bonds. The van der Waals surface area contributed by atoms with Gasteiger partial charge in [0, 0.05) is 6.54 Å². The minimum absolute atomic E-state index is 0.185. The fraction of sp³-hybridized carbons (Fsp3) is 0.600. The molecule has 0 saturated carbocycles. The van der Waals surface area contributed by atoms with Crippen LogP contribution in [-0.4, -0.2) is 36.6 Å². The number of aliphatic imine (C=N–C) groups is 4. The molecule has 0 aromatic rings. The molecule has 2 heterocycles. The smallest absolute Gasteiger partial charge is 0.220 e. The third kappa shape index (κ3) is 2.26. The number of amidine groups is 2. The third-order valence-electron chi connectivity index (χ3n) is 2.47. The predicted octanol–water partition coefficient (Wildman–Crippen LogP) is 0.302. The van der Waals surface area contributed by atoms with Crippen LogP contribution in [-0.2, 0) is 0 Å². The molecule has 0 aromatic heterocycles. The molecule has 6 nitrogen and oxygen atoms in total. The molecule has 16 heavy (non-hydrogen) atoms. The first kappa shape index (κ1) is 10.8. The van der Waals surface area contributed by atoms with E-state index >= 15 is 0 Å². The Morgan fingerprint density at radius 1 is 1.50 bits per heavy atom. The highest BCUT2D eigenvalue weighted by Crippen LogP contribution is 2.05. The quantitative estimate of drug-likeness (QED) is 0.667. The van der Waals surface area contributed by atoms with Crippen molar-refractivity contribution in [2.75, 3.05) is 6.54 Å². The van der Waals surface area contributed by atoms with Gasteiger partial charge in [-0.2, -0.15) is 4.99 Å². The summed E-state index contributed by atoms with van der Waals surface area (Å²) in [5, 5.41) is 3.10. The molecule has 2 aliphatic rings. The van der Waals surface area contributed by atoms with Crippen molar-refractivity contribution in [2.24, 2.45) is 25.7 Å². The van der Waals surface area contributed by atoms with Gasteiger partial charge in [-0.15, -0.1) is 0 Å². The van der Waals surface area contributed by atoms with E-state index < -0.39 is 0 Å². The first-order valence-corrected chi connectivity index (χ1v) is 5.56. The number of fused-ring (bicyclic) bond motifs is 1. The monoisotopic (exact) mass is 220 g/mol. The Hall–Kier alpha value is -1.72. The summed E-state index contributed by atoms with van der Waals surface area (Å²) in [5.41, 5.74) is 5.72. The van der Waals surface area contributed by atoms with Gasteiger partial charge >= 0.3 is 0 Å². The molecule has 1 unspecified atom stereocenters. The van der Waals surface area contributed by atoms with Gasteiger partial charge in [-0.25, -0.2) is 9.98 Å². The van der Waals surface area contributed by atoms with Crippen molar-refractivity contribution in [2.45, 2.75) is 32.2 Å². The number of rotatable bonds is 4. The van der Waals surface area contributed by atoms with Crippen LogP contribution in [0.25, 0.3) is 0 Å². The van der Waals surface area contributed by atoms with Crippen LogP contribution in [0.3, 0.4) is 0 Å². The molecule has 0 aliphatic carbocycles. The highest BCUT2D eigenvalue weighted by atomic mass is 15.3. The molecule has 2 rings (SSSR count). The van der Waals surface area contributed by atoms with E-state index in [0.717, 1.165) is 13.0 Å². The maximum atomic E-state index is 5.72. The second kappa shape index (κ2) is 4.87. The minimum Gasteiger partial charge on any atom is -0.385 e. The van der Waals surface area contributed by atoms with E-state index in [9.17, 15) is 0 Å². The van der Waals surface area contributed by atoms with Crippen LogP contribution in [0.1, 0.15) is 26.2 Å². The summed E-state index contributed by atoms with van der Waals surface area (Å²) >= 11 is 0. The number of unbranched alkanes of at least 4 members (excludes halogenated alkanes) is 2. The lowest BCUT2D eigenvalue weighted by Gasteiger charge is -2.11. The molecule has 0 radical (unpaired) electrons. The van der Waals surface area contributed by atoms with Gasteiger partial charge in [-0.05, 0) is 6.42 Å². The Morgan fingerprint density at radius 3 is 3.12 bits per heavy atom. The van der Waals surface area contributed by atoms with E-state index in [1.54, 1.807) is 0 Å². The van der Waals surface area contributed by atoms with Gasteiger partial charge in [0.2, 0.25) is 5.96 Å². The lowest BCUT2D eigenvalue weighted by molar-refractivity contribution is 0.725. The molecule has 0 fully saturated rings. The average Bonchev–Trinajstić information content (AvgIpc) is 2.69. The van der Waals surface area contributed by atoms with Gasteiger partial charge in [0.15, 0.2) is 5.84 Å². The summed E-state index contributed by atoms with van der Waals surface area (Å²) in [4.78, 5) is 16.6. The second-order valence-electron chi connectivity index (χ2n) is 3.76. The van der Waals surface area contributed by atoms with Gasteiger partial charge in [0.05, 0.1) is 0 Å². The highest BCUT2D eigenvalue weighted by molar-refractivity contribution is 6.22. The van der Waals surface area contributed by atoms with Crippen LogP contribution in [0.5, 0.6) is 0 Å². The Bertz CT molecular complexity index is 379. The molecule has 1 atom stereocenters. The van der Waals surface area contributed by atoms with Crippen LogP contribution in [0, 0.1) is 0 Å². The lowest BCUT2D eigenvalue weighted by Crippen LogP contribution is -2.45. The number of guanidine groups is 1. The normalized spacial score (nSPS) is 25.1. The van der Waals surface area contributed by atoms with E-state index in [4.69, 9.17) is 5.73 Å². The molecule has 2 aliphatic heterocycles. The Morgan fingerprint density at radius 2 is 2.38 bits per heavy atom. The largest absolute Gasteiger partial charge is 0.385 e. The minimum atomic E-state index is -0.185. The first-order chi connectivity index (χ1) is 7.81. The van der Waals surface area contributed by atoms with E-state index in [-0.39, 0.29) is 6.04 Å². The van der Waals surface area contributed by atoms with E-state index in [2.05, 4.69) is 32.2 Å². The van der Waals surface area contributed by atoms with Crippen LogP contribution in [0.2, 0.25) is 0 Å². The maximum Gasteiger partial charge on any atom is 0.220 e. The number of hydrogen-bond donors (Lipinski definition) is 2. The van der Waals surface area contributed by atoms with E-state index in [0.29, 0.717) is 17.6 Å². The van der Waals surface area contributed by atoms with Crippen LogP contribution in [0.4, 0.5) is 0 Å². The molecule has 0 spiro atoms. The fourth-order valence-electron chi connectivity index (χ4n) is 1.57. The Balaban J connectivity index is 1.95. The van der Waals surface area contributed by atoms with Crippen molar-refractivity contribution in [3.05, 3.63) is 0 Å². The van der Waals surface area contributed by atoms with Crippen molar-refractivity contribution < 1.29 is 0 Å². The molecule has 0 bridgehead atoms. The highest BCUT2D eigenvalue weighted by Gasteiger charge is 2.28. The van der Waals surface area contributed by atoms with Gasteiger partial charge in [-0.3, -0.25) is 4.99 Å². The summed E-state index contributed by atoms with van der Waals surface area (Å²) < 4.78 is 0. The number of hydrogen-bond acceptors (Lipinski definition) is 4. The van der Waals surface area contributed by atoms with Crippen molar-refractivity contribution >= 4 is 24.0 Å². The summed E-state index contributed by atoms with van der Waals surface area (Å²) in [7, 11) is 0. The van der Waals surface area contributed by atoms with Gasteiger partial charge < -0.3 is 11.1 Å². The van der Waals surface area contributed by atoms with E-state index in [1.165, 1.54) is 19.2 Å². The zero-order chi connectivity index (χ0) is 11.4. The van der Waals surface area contributed by atoms with Crippen molar-refractivity contribution in [3.63, 3.8) is 0 Å². The van der Waals surface area contributed by atoms with E-state index in [1.807, 2.05) is 0 Å². The Kier molecular flexibility index (Phi) is 3.28. The number of nitrogens with two attached hydrogens (primary N) is 1. The zero-order valence-electron chi connectivity index (χ0n) is 9.35. The van der Waals surface area contributed by atoms with Gasteiger partial charge in [0.1, 0.15) is 18.2 Å². The van der Waals surface area contributed by atoms with Crippen molar-refractivity contribution in [1.29, 1.82) is 0 Å². The van der Waals surface area contributed by atoms with Crippen LogP contribution < -0.4 is 11.1 Å². The third-order valence-corrected chi connectivity index (χ3v) is 2.47. The summed E-state index contributed by atoms with van der Waals surface area (Å²) in [5.74, 6) is 1.77. The number of nitrogens with one attached hydrogen (secondary N) is 1. The van der Waals surface area contributed by atoms with Gasteiger partial charge in [-0.1, -0.05) is 19.8 Å². The van der Waals surface area contributed by atoms with Gasteiger partial charge in [0.25, 0.3) is 0 Å².